The van der Waals surface area contributed by atoms with E-state index in [1.54, 1.807) is 0 Å². The quantitative estimate of drug-likeness (QED) is 0.641. The zero-order valence-corrected chi connectivity index (χ0v) is 11.7. The second kappa shape index (κ2) is 3.97. The zero-order chi connectivity index (χ0) is 11.0. The summed E-state index contributed by atoms with van der Waals surface area (Å²) in [4.78, 5) is 0. The van der Waals surface area contributed by atoms with Gasteiger partial charge >= 0.3 is 0 Å². The summed E-state index contributed by atoms with van der Waals surface area (Å²) in [5.41, 5.74) is 1.73. The van der Waals surface area contributed by atoms with Gasteiger partial charge in [-0.15, -0.1) is 0 Å². The maximum Gasteiger partial charge on any atom is 0.0675 e. The summed E-state index contributed by atoms with van der Waals surface area (Å²) < 4.78 is 5.51. The van der Waals surface area contributed by atoms with Crippen molar-refractivity contribution in [1.82, 2.24) is 0 Å². The molecule has 1 heterocycles. The van der Waals surface area contributed by atoms with Crippen LogP contribution >= 0.6 is 0 Å². The highest BCUT2D eigenvalue weighted by molar-refractivity contribution is 6.84. The minimum absolute atomic E-state index is 0.579. The van der Waals surface area contributed by atoms with E-state index in [1.165, 1.54) is 6.42 Å². The summed E-state index contributed by atoms with van der Waals surface area (Å²) in [5.74, 6) is 0. The van der Waals surface area contributed by atoms with Crippen molar-refractivity contribution in [2.75, 3.05) is 13.2 Å². The molecule has 0 saturated carbocycles. The van der Waals surface area contributed by atoms with Gasteiger partial charge in [0.25, 0.3) is 0 Å². The Balaban J connectivity index is 2.97. The highest BCUT2D eigenvalue weighted by Gasteiger charge is 2.56. The normalized spacial score (nSPS) is 21.4. The first-order valence-electron chi connectivity index (χ1n) is 5.98. The van der Waals surface area contributed by atoms with E-state index in [0.717, 1.165) is 24.3 Å². The Labute approximate surface area is 90.2 Å². The van der Waals surface area contributed by atoms with Crippen molar-refractivity contribution < 1.29 is 4.74 Å². The van der Waals surface area contributed by atoms with E-state index in [9.17, 15) is 0 Å². The summed E-state index contributed by atoms with van der Waals surface area (Å²) in [7, 11) is -1.20. The van der Waals surface area contributed by atoms with Crippen LogP contribution in [0.2, 0.25) is 22.7 Å². The van der Waals surface area contributed by atoms with Crippen LogP contribution in [-0.4, -0.2) is 21.3 Å². The Hall–Kier alpha value is 0.177. The van der Waals surface area contributed by atoms with E-state index < -0.39 is 8.07 Å². The van der Waals surface area contributed by atoms with Crippen molar-refractivity contribution in [3.8, 4) is 0 Å². The number of hydrogen-bond acceptors (Lipinski definition) is 1. The van der Waals surface area contributed by atoms with Crippen molar-refractivity contribution in [3.63, 3.8) is 0 Å². The molecule has 1 aliphatic heterocycles. The molecule has 0 radical (unpaired) electrons. The predicted octanol–water partition coefficient (Wildman–Crippen LogP) is 4.07. The van der Waals surface area contributed by atoms with E-state index in [2.05, 4.69) is 41.2 Å². The van der Waals surface area contributed by atoms with Crippen molar-refractivity contribution in [1.29, 1.82) is 0 Å². The topological polar surface area (TPSA) is 9.23 Å². The molecule has 1 saturated heterocycles. The average Bonchev–Trinajstić information content (AvgIpc) is 2.02. The van der Waals surface area contributed by atoms with Gasteiger partial charge in [-0.2, -0.15) is 0 Å². The Bertz CT molecular complexity index is 181. The third-order valence-corrected chi connectivity index (χ3v) is 12.7. The Morgan fingerprint density at radius 3 is 1.64 bits per heavy atom. The number of rotatable bonds is 4. The summed E-state index contributed by atoms with van der Waals surface area (Å²) >= 11 is 0. The first kappa shape index (κ1) is 12.2. The van der Waals surface area contributed by atoms with E-state index in [1.807, 2.05) is 0 Å². The van der Waals surface area contributed by atoms with Crippen LogP contribution in [0, 0.1) is 0 Å². The fourth-order valence-corrected chi connectivity index (χ4v) is 8.51. The van der Waals surface area contributed by atoms with Gasteiger partial charge in [0.15, 0.2) is 0 Å². The molecule has 0 unspecified atom stereocenters. The standard InChI is InChI=1S/C12H26OSi/c1-7-12(8-13-9-12)14(6,10(2)3)11(4)5/h10-11H,7-9H2,1-6H3. The van der Waals surface area contributed by atoms with Gasteiger partial charge in [0, 0.05) is 5.04 Å². The number of ether oxygens (including phenoxy) is 1. The molecule has 1 fully saturated rings. The van der Waals surface area contributed by atoms with Crippen LogP contribution in [0.1, 0.15) is 41.0 Å². The second-order valence-electron chi connectivity index (χ2n) is 5.72. The molecule has 0 aromatic rings. The zero-order valence-electron chi connectivity index (χ0n) is 10.7. The molecule has 0 spiro atoms. The van der Waals surface area contributed by atoms with Crippen LogP contribution < -0.4 is 0 Å². The Kier molecular flexibility index (Phi) is 3.48. The van der Waals surface area contributed by atoms with Crippen molar-refractivity contribution >= 4 is 8.07 Å². The summed E-state index contributed by atoms with van der Waals surface area (Å²) in [5, 5.41) is 0.579. The molecule has 1 rings (SSSR count). The van der Waals surface area contributed by atoms with Gasteiger partial charge in [-0.1, -0.05) is 52.2 Å². The first-order chi connectivity index (χ1) is 6.40. The molecule has 14 heavy (non-hydrogen) atoms. The lowest BCUT2D eigenvalue weighted by Gasteiger charge is -2.57. The van der Waals surface area contributed by atoms with E-state index >= 15 is 0 Å². The highest BCUT2D eigenvalue weighted by atomic mass is 28.3. The van der Waals surface area contributed by atoms with Crippen molar-refractivity contribution in [3.05, 3.63) is 0 Å². The summed E-state index contributed by atoms with van der Waals surface area (Å²) in [6.07, 6.45) is 1.31. The van der Waals surface area contributed by atoms with Gasteiger partial charge in [-0.3, -0.25) is 0 Å². The average molecular weight is 214 g/mol. The maximum absolute atomic E-state index is 5.51. The fraction of sp³-hybridized carbons (Fsp3) is 1.00. The Morgan fingerprint density at radius 1 is 1.14 bits per heavy atom. The third-order valence-electron chi connectivity index (χ3n) is 4.97. The second-order valence-corrected chi connectivity index (χ2v) is 11.7. The van der Waals surface area contributed by atoms with Gasteiger partial charge in [0.05, 0.1) is 21.3 Å². The van der Waals surface area contributed by atoms with Crippen molar-refractivity contribution in [2.45, 2.75) is 63.7 Å². The van der Waals surface area contributed by atoms with Crippen LogP contribution in [0.4, 0.5) is 0 Å². The van der Waals surface area contributed by atoms with E-state index in [4.69, 9.17) is 4.74 Å². The lowest BCUT2D eigenvalue weighted by molar-refractivity contribution is -0.0282. The molecule has 1 nitrogen and oxygen atoms in total. The molecule has 0 aromatic carbocycles. The van der Waals surface area contributed by atoms with Crippen molar-refractivity contribution in [2.24, 2.45) is 0 Å². The fourth-order valence-electron chi connectivity index (χ4n) is 3.14. The van der Waals surface area contributed by atoms with Gasteiger partial charge in [-0.05, 0) is 6.42 Å². The predicted molar refractivity (Wildman–Crippen MR) is 65.6 cm³/mol. The van der Waals surface area contributed by atoms with Gasteiger partial charge < -0.3 is 4.74 Å². The molecule has 2 heteroatoms. The van der Waals surface area contributed by atoms with E-state index in [0.29, 0.717) is 5.04 Å². The molecular weight excluding hydrogens is 188 g/mol. The van der Waals surface area contributed by atoms with Crippen LogP contribution in [0.15, 0.2) is 0 Å². The lowest BCUT2D eigenvalue weighted by atomic mass is 10.0. The van der Waals surface area contributed by atoms with Gasteiger partial charge in [-0.25, -0.2) is 0 Å². The molecule has 0 N–H and O–H groups in total. The van der Waals surface area contributed by atoms with Gasteiger partial charge in [0.2, 0.25) is 0 Å². The minimum Gasteiger partial charge on any atom is -0.381 e. The van der Waals surface area contributed by atoms with Crippen LogP contribution in [0.25, 0.3) is 0 Å². The summed E-state index contributed by atoms with van der Waals surface area (Å²) in [6, 6.07) is 0. The monoisotopic (exact) mass is 214 g/mol. The molecule has 0 amide bonds. The van der Waals surface area contributed by atoms with Crippen LogP contribution in [0.3, 0.4) is 0 Å². The molecule has 84 valence electrons. The molecule has 0 aromatic heterocycles. The summed E-state index contributed by atoms with van der Waals surface area (Å²) in [6.45, 7) is 16.7. The smallest absolute Gasteiger partial charge is 0.0675 e. The third kappa shape index (κ3) is 1.47. The Morgan fingerprint density at radius 2 is 1.57 bits per heavy atom. The highest BCUT2D eigenvalue weighted by Crippen LogP contribution is 2.56. The minimum atomic E-state index is -1.20. The molecular formula is C12H26OSi. The first-order valence-corrected chi connectivity index (χ1v) is 8.64. The van der Waals surface area contributed by atoms with Crippen LogP contribution in [-0.2, 0) is 4.74 Å². The molecule has 0 atom stereocenters. The lowest BCUT2D eigenvalue weighted by Crippen LogP contribution is -2.59. The van der Waals surface area contributed by atoms with Gasteiger partial charge in [0.1, 0.15) is 0 Å². The molecule has 0 aliphatic carbocycles. The SMILES string of the molecule is CCC1([Si](C)(C(C)C)C(C)C)COC1. The maximum atomic E-state index is 5.51. The molecule has 0 bridgehead atoms. The number of hydrogen-bond donors (Lipinski definition) is 0. The largest absolute Gasteiger partial charge is 0.381 e. The van der Waals surface area contributed by atoms with Crippen LogP contribution in [0.5, 0.6) is 0 Å². The molecule has 1 aliphatic rings. The van der Waals surface area contributed by atoms with E-state index in [-0.39, 0.29) is 0 Å².